The fourth-order valence-electron chi connectivity index (χ4n) is 1.38. The molecule has 0 saturated carbocycles. The summed E-state index contributed by atoms with van der Waals surface area (Å²) in [6.07, 6.45) is 3.54. The number of carbonyl (C=O) groups is 2. The van der Waals surface area contributed by atoms with Gasteiger partial charge in [-0.25, -0.2) is 0 Å². The van der Waals surface area contributed by atoms with Gasteiger partial charge in [0.1, 0.15) is 11.5 Å². The molecule has 0 aliphatic heterocycles. The molecule has 1 aromatic carbocycles. The normalized spacial score (nSPS) is 9.28. The van der Waals surface area contributed by atoms with Gasteiger partial charge < -0.3 is 5.11 Å². The number of hydrogen-bond donors (Lipinski definition) is 1. The van der Waals surface area contributed by atoms with Crippen LogP contribution in [-0.4, -0.2) is 16.7 Å². The Balaban J connectivity index is 0.000000331. The zero-order valence-corrected chi connectivity index (χ0v) is 11.4. The Labute approximate surface area is 109 Å². The number of phenolic OH excluding ortho intramolecular Hbond substituents is 1. The Bertz CT molecular complexity index is 358. The lowest BCUT2D eigenvalue weighted by molar-refractivity contribution is -0.119. The van der Waals surface area contributed by atoms with Gasteiger partial charge in [-0.3, -0.25) is 9.59 Å². The van der Waals surface area contributed by atoms with Gasteiger partial charge in [0.2, 0.25) is 0 Å². The maximum atomic E-state index is 10.7. The third kappa shape index (κ3) is 7.60. The van der Waals surface area contributed by atoms with Gasteiger partial charge in [0, 0.05) is 18.4 Å². The van der Waals surface area contributed by atoms with Crippen molar-refractivity contribution >= 4 is 11.6 Å². The molecule has 0 unspecified atom stereocenters. The minimum Gasteiger partial charge on any atom is -0.508 e. The first kappa shape index (κ1) is 16.4. The second-order valence-corrected chi connectivity index (χ2v) is 4.14. The van der Waals surface area contributed by atoms with Crippen molar-refractivity contribution < 1.29 is 14.7 Å². The summed E-state index contributed by atoms with van der Waals surface area (Å²) < 4.78 is 0. The van der Waals surface area contributed by atoms with Gasteiger partial charge in [-0.2, -0.15) is 0 Å². The van der Waals surface area contributed by atoms with E-state index in [9.17, 15) is 9.59 Å². The number of Topliss-reactive ketones (excluding diaryl/α,β-unsaturated/α-hetero) is 2. The zero-order valence-electron chi connectivity index (χ0n) is 11.4. The van der Waals surface area contributed by atoms with E-state index in [0.29, 0.717) is 11.3 Å². The quantitative estimate of drug-likeness (QED) is 0.810. The van der Waals surface area contributed by atoms with Crippen LogP contribution < -0.4 is 0 Å². The molecule has 18 heavy (non-hydrogen) atoms. The van der Waals surface area contributed by atoms with Gasteiger partial charge in [0.05, 0.1) is 0 Å². The van der Waals surface area contributed by atoms with Crippen molar-refractivity contribution in [3.8, 4) is 5.75 Å². The van der Waals surface area contributed by atoms with E-state index in [0.717, 1.165) is 25.7 Å². The smallest absolute Gasteiger partial charge is 0.159 e. The third-order valence-corrected chi connectivity index (χ3v) is 2.33. The summed E-state index contributed by atoms with van der Waals surface area (Å²) in [6, 6.07) is 6.18. The van der Waals surface area contributed by atoms with Crippen LogP contribution in [0.15, 0.2) is 24.3 Å². The molecule has 1 N–H and O–H groups in total. The third-order valence-electron chi connectivity index (χ3n) is 2.33. The molecule has 0 radical (unpaired) electrons. The number of rotatable bonds is 5. The van der Waals surface area contributed by atoms with E-state index in [1.54, 1.807) is 12.1 Å². The first-order chi connectivity index (χ1) is 8.51. The second-order valence-electron chi connectivity index (χ2n) is 4.14. The standard InChI is InChI=1S/C8H8O2.C7H14O/c1-6(9)7-2-4-8(10)5-3-7;1-3-5-7(8)6-4-2/h2-5,10H,1H3;3-6H2,1-2H3. The number of aromatic hydroxyl groups is 1. The van der Waals surface area contributed by atoms with Crippen molar-refractivity contribution in [3.63, 3.8) is 0 Å². The van der Waals surface area contributed by atoms with E-state index in [2.05, 4.69) is 0 Å². The largest absolute Gasteiger partial charge is 0.508 e. The Kier molecular flexibility index (Phi) is 8.54. The molecule has 0 aliphatic carbocycles. The van der Waals surface area contributed by atoms with Gasteiger partial charge in [-0.1, -0.05) is 13.8 Å². The highest BCUT2D eigenvalue weighted by Crippen LogP contribution is 2.09. The van der Waals surface area contributed by atoms with Gasteiger partial charge in [-0.15, -0.1) is 0 Å². The summed E-state index contributed by atoms with van der Waals surface area (Å²) in [5.74, 6) is 0.611. The van der Waals surface area contributed by atoms with Gasteiger partial charge in [-0.05, 0) is 44.0 Å². The summed E-state index contributed by atoms with van der Waals surface area (Å²) in [7, 11) is 0. The molecule has 0 spiro atoms. The van der Waals surface area contributed by atoms with E-state index < -0.39 is 0 Å². The van der Waals surface area contributed by atoms with Crippen LogP contribution in [0, 0.1) is 0 Å². The highest BCUT2D eigenvalue weighted by atomic mass is 16.3. The highest BCUT2D eigenvalue weighted by molar-refractivity contribution is 5.94. The molecule has 0 fully saturated rings. The molecule has 1 aromatic rings. The fourth-order valence-corrected chi connectivity index (χ4v) is 1.38. The molecule has 0 aliphatic rings. The van der Waals surface area contributed by atoms with E-state index in [4.69, 9.17) is 5.11 Å². The second kappa shape index (κ2) is 9.40. The van der Waals surface area contributed by atoms with E-state index in [1.807, 2.05) is 13.8 Å². The predicted octanol–water partition coefficient (Wildman–Crippen LogP) is 3.75. The zero-order chi connectivity index (χ0) is 14.0. The average molecular weight is 250 g/mol. The number of hydrogen-bond acceptors (Lipinski definition) is 3. The molecule has 0 atom stereocenters. The Morgan fingerprint density at radius 2 is 1.44 bits per heavy atom. The Hall–Kier alpha value is -1.64. The molecule has 0 heterocycles. The van der Waals surface area contributed by atoms with E-state index in [-0.39, 0.29) is 11.5 Å². The van der Waals surface area contributed by atoms with Crippen LogP contribution >= 0.6 is 0 Å². The molecule has 100 valence electrons. The molecule has 0 saturated heterocycles. The van der Waals surface area contributed by atoms with Crippen LogP contribution in [0.25, 0.3) is 0 Å². The summed E-state index contributed by atoms with van der Waals surface area (Å²) >= 11 is 0. The fraction of sp³-hybridized carbons (Fsp3) is 0.467. The Morgan fingerprint density at radius 1 is 1.00 bits per heavy atom. The lowest BCUT2D eigenvalue weighted by Gasteiger charge is -1.93. The number of phenols is 1. The molecule has 3 nitrogen and oxygen atoms in total. The number of carbonyl (C=O) groups excluding carboxylic acids is 2. The van der Waals surface area contributed by atoms with Gasteiger partial charge in [0.25, 0.3) is 0 Å². The van der Waals surface area contributed by atoms with Crippen molar-refractivity contribution in [2.45, 2.75) is 46.5 Å². The lowest BCUT2D eigenvalue weighted by atomic mass is 10.1. The van der Waals surface area contributed by atoms with Crippen LogP contribution in [0.5, 0.6) is 5.75 Å². The molecule has 0 bridgehead atoms. The van der Waals surface area contributed by atoms with Crippen LogP contribution in [0.1, 0.15) is 56.8 Å². The SMILES string of the molecule is CC(=O)c1ccc(O)cc1.CCCC(=O)CCC. The van der Waals surface area contributed by atoms with E-state index in [1.165, 1.54) is 19.1 Å². The maximum absolute atomic E-state index is 10.7. The lowest BCUT2D eigenvalue weighted by Crippen LogP contribution is -1.93. The van der Waals surface area contributed by atoms with Crippen molar-refractivity contribution in [2.24, 2.45) is 0 Å². The Morgan fingerprint density at radius 3 is 1.78 bits per heavy atom. The summed E-state index contributed by atoms with van der Waals surface area (Å²) in [6.45, 7) is 5.56. The van der Waals surface area contributed by atoms with Crippen molar-refractivity contribution in [1.82, 2.24) is 0 Å². The van der Waals surface area contributed by atoms with Crippen LogP contribution in [0.4, 0.5) is 0 Å². The van der Waals surface area contributed by atoms with Crippen molar-refractivity contribution in [2.75, 3.05) is 0 Å². The first-order valence-corrected chi connectivity index (χ1v) is 6.32. The molecule has 3 heteroatoms. The summed E-state index contributed by atoms with van der Waals surface area (Å²) in [4.78, 5) is 21.3. The average Bonchev–Trinajstić information content (AvgIpc) is 2.31. The van der Waals surface area contributed by atoms with Gasteiger partial charge >= 0.3 is 0 Å². The maximum Gasteiger partial charge on any atom is 0.159 e. The molecule has 0 aromatic heterocycles. The summed E-state index contributed by atoms with van der Waals surface area (Å²) in [5.41, 5.74) is 0.623. The summed E-state index contributed by atoms with van der Waals surface area (Å²) in [5, 5.41) is 8.83. The predicted molar refractivity (Wildman–Crippen MR) is 72.9 cm³/mol. The molecule has 1 rings (SSSR count). The topological polar surface area (TPSA) is 54.4 Å². The van der Waals surface area contributed by atoms with Crippen molar-refractivity contribution in [1.29, 1.82) is 0 Å². The van der Waals surface area contributed by atoms with Crippen LogP contribution in [0.2, 0.25) is 0 Å². The molecule has 0 amide bonds. The first-order valence-electron chi connectivity index (χ1n) is 6.32. The molecular weight excluding hydrogens is 228 g/mol. The molecular formula is C15H22O3. The highest BCUT2D eigenvalue weighted by Gasteiger charge is 1.96. The number of benzene rings is 1. The van der Waals surface area contributed by atoms with Crippen molar-refractivity contribution in [3.05, 3.63) is 29.8 Å². The minimum atomic E-state index is 0.0139. The van der Waals surface area contributed by atoms with Crippen LogP contribution in [0.3, 0.4) is 0 Å². The minimum absolute atomic E-state index is 0.0139. The van der Waals surface area contributed by atoms with Gasteiger partial charge in [0.15, 0.2) is 5.78 Å². The van der Waals surface area contributed by atoms with E-state index >= 15 is 0 Å². The monoisotopic (exact) mass is 250 g/mol. The van der Waals surface area contributed by atoms with Crippen LogP contribution in [-0.2, 0) is 4.79 Å². The number of ketones is 2.